The lowest BCUT2D eigenvalue weighted by Gasteiger charge is -2.23. The van der Waals surface area contributed by atoms with E-state index in [0.717, 1.165) is 11.8 Å². The van der Waals surface area contributed by atoms with Crippen molar-refractivity contribution in [2.24, 2.45) is 5.41 Å². The Bertz CT molecular complexity index is 790. The highest BCUT2D eigenvalue weighted by Crippen LogP contribution is 2.16. The number of aryl methyl sites for hydroxylation is 1. The second-order valence-electron chi connectivity index (χ2n) is 7.01. The Kier molecular flexibility index (Phi) is 5.92. The van der Waals surface area contributed by atoms with Crippen molar-refractivity contribution in [3.05, 3.63) is 53.7 Å². The topological polar surface area (TPSA) is 110 Å². The highest BCUT2D eigenvalue weighted by Gasteiger charge is 2.30. The summed E-state index contributed by atoms with van der Waals surface area (Å²) in [4.78, 5) is 39.6. The number of Topliss-reactive ketones (excluding diaryl/α,β-unsaturated/α-hetero) is 1. The molecule has 2 rings (SSSR count). The summed E-state index contributed by atoms with van der Waals surface area (Å²) in [7, 11) is 0. The van der Waals surface area contributed by atoms with E-state index in [-0.39, 0.29) is 17.5 Å². The van der Waals surface area contributed by atoms with Crippen LogP contribution in [0.5, 0.6) is 0 Å². The van der Waals surface area contributed by atoms with Crippen LogP contribution in [0, 0.1) is 5.41 Å². The molecule has 1 amide bonds. The first-order chi connectivity index (χ1) is 12.2. The van der Waals surface area contributed by atoms with Crippen LogP contribution in [0.15, 0.2) is 41.0 Å². The molecule has 0 saturated heterocycles. The van der Waals surface area contributed by atoms with Gasteiger partial charge in [0.1, 0.15) is 6.26 Å². The van der Waals surface area contributed by atoms with E-state index in [1.54, 1.807) is 20.8 Å². The molecule has 0 fully saturated rings. The van der Waals surface area contributed by atoms with E-state index in [1.807, 2.05) is 30.3 Å². The van der Waals surface area contributed by atoms with Gasteiger partial charge in [-0.05, 0) is 18.4 Å². The molecule has 2 aromatic rings. The molecule has 7 nitrogen and oxygen atoms in total. The molecule has 0 radical (unpaired) electrons. The number of carboxylic acids is 1. The molecule has 1 unspecified atom stereocenters. The van der Waals surface area contributed by atoms with Gasteiger partial charge in [-0.2, -0.15) is 4.98 Å². The van der Waals surface area contributed by atoms with Gasteiger partial charge in [-0.25, -0.2) is 4.79 Å². The highest BCUT2D eigenvalue weighted by molar-refractivity contribution is 5.99. The minimum absolute atomic E-state index is 0.283. The first-order valence-electron chi connectivity index (χ1n) is 8.26. The summed E-state index contributed by atoms with van der Waals surface area (Å²) in [6.07, 6.45) is 1.82. The van der Waals surface area contributed by atoms with E-state index in [9.17, 15) is 14.4 Å². The average molecular weight is 358 g/mol. The number of rotatable bonds is 7. The Morgan fingerprint density at radius 2 is 1.85 bits per heavy atom. The lowest BCUT2D eigenvalue weighted by molar-refractivity contribution is -0.129. The Labute approximate surface area is 151 Å². The highest BCUT2D eigenvalue weighted by atomic mass is 16.4. The monoisotopic (exact) mass is 358 g/mol. The Hall–Kier alpha value is -2.96. The van der Waals surface area contributed by atoms with E-state index in [4.69, 9.17) is 9.52 Å². The second-order valence-corrected chi connectivity index (χ2v) is 7.01. The fourth-order valence-corrected chi connectivity index (χ4v) is 2.23. The number of carbonyl (C=O) groups is 3. The molecule has 1 aromatic heterocycles. The second kappa shape index (κ2) is 7.95. The standard InChI is InChI=1S/C19H22N2O5/c1-19(2,3)18(25)21-13(10-9-12-7-5-4-6-8-12)15(22)16-20-14(11-26-16)17(23)24/h4-8,11,13H,9-10H2,1-3H3,(H,21,25)(H,23,24). The predicted molar refractivity (Wildman–Crippen MR) is 93.9 cm³/mol. The summed E-state index contributed by atoms with van der Waals surface area (Å²) in [5, 5.41) is 11.6. The molecule has 0 aliphatic carbocycles. The van der Waals surface area contributed by atoms with Crippen LogP contribution in [0.4, 0.5) is 0 Å². The van der Waals surface area contributed by atoms with Gasteiger partial charge < -0.3 is 14.8 Å². The third-order valence-corrected chi connectivity index (χ3v) is 3.80. The summed E-state index contributed by atoms with van der Waals surface area (Å²) in [6.45, 7) is 5.23. The maximum Gasteiger partial charge on any atom is 0.357 e. The van der Waals surface area contributed by atoms with Gasteiger partial charge in [0.2, 0.25) is 11.7 Å². The smallest absolute Gasteiger partial charge is 0.357 e. The number of nitrogens with zero attached hydrogens (tertiary/aromatic N) is 1. The van der Waals surface area contributed by atoms with E-state index in [0.29, 0.717) is 12.8 Å². The van der Waals surface area contributed by atoms with Crippen LogP contribution < -0.4 is 5.32 Å². The largest absolute Gasteiger partial charge is 0.476 e. The van der Waals surface area contributed by atoms with Gasteiger partial charge in [0, 0.05) is 5.41 Å². The molecule has 26 heavy (non-hydrogen) atoms. The third-order valence-electron chi connectivity index (χ3n) is 3.80. The van der Waals surface area contributed by atoms with E-state index in [1.165, 1.54) is 0 Å². The lowest BCUT2D eigenvalue weighted by atomic mass is 9.94. The van der Waals surface area contributed by atoms with Crippen LogP contribution >= 0.6 is 0 Å². The molecular weight excluding hydrogens is 336 g/mol. The fourth-order valence-electron chi connectivity index (χ4n) is 2.23. The average Bonchev–Trinajstić information content (AvgIpc) is 3.08. The number of carboxylic acid groups (broad SMARTS) is 1. The first kappa shape index (κ1) is 19.4. The molecule has 1 aromatic carbocycles. The van der Waals surface area contributed by atoms with Crippen molar-refractivity contribution in [1.82, 2.24) is 10.3 Å². The van der Waals surface area contributed by atoms with Crippen LogP contribution in [0.25, 0.3) is 0 Å². The number of benzene rings is 1. The van der Waals surface area contributed by atoms with Crippen molar-refractivity contribution in [3.8, 4) is 0 Å². The maximum absolute atomic E-state index is 12.7. The summed E-state index contributed by atoms with van der Waals surface area (Å²) >= 11 is 0. The number of aromatic nitrogens is 1. The predicted octanol–water partition coefficient (Wildman–Crippen LogP) is 2.72. The van der Waals surface area contributed by atoms with Gasteiger partial charge in [0.25, 0.3) is 5.89 Å². The minimum atomic E-state index is -1.28. The molecule has 0 aliphatic heterocycles. The summed E-state index contributed by atoms with van der Waals surface area (Å²) in [5.41, 5.74) is -0.0000773. The zero-order valence-corrected chi connectivity index (χ0v) is 15.0. The van der Waals surface area contributed by atoms with Crippen molar-refractivity contribution >= 4 is 17.7 Å². The number of amides is 1. The Balaban J connectivity index is 2.18. The normalized spacial score (nSPS) is 12.4. The van der Waals surface area contributed by atoms with E-state index < -0.39 is 23.2 Å². The number of oxazole rings is 1. The Morgan fingerprint density at radius 3 is 2.38 bits per heavy atom. The number of aromatic carboxylic acids is 1. The number of hydrogen-bond acceptors (Lipinski definition) is 5. The van der Waals surface area contributed by atoms with Crippen molar-refractivity contribution in [3.63, 3.8) is 0 Å². The van der Waals surface area contributed by atoms with Gasteiger partial charge >= 0.3 is 5.97 Å². The zero-order valence-electron chi connectivity index (χ0n) is 15.0. The van der Waals surface area contributed by atoms with E-state index >= 15 is 0 Å². The van der Waals surface area contributed by atoms with Crippen molar-refractivity contribution in [1.29, 1.82) is 0 Å². The quantitative estimate of drug-likeness (QED) is 0.737. The zero-order chi connectivity index (χ0) is 19.3. The summed E-state index contributed by atoms with van der Waals surface area (Å²) < 4.78 is 5.00. The maximum atomic E-state index is 12.7. The fraction of sp³-hybridized carbons (Fsp3) is 0.368. The van der Waals surface area contributed by atoms with Crippen molar-refractivity contribution < 1.29 is 23.9 Å². The van der Waals surface area contributed by atoms with Crippen LogP contribution in [-0.4, -0.2) is 33.8 Å². The Morgan fingerprint density at radius 1 is 1.19 bits per heavy atom. The summed E-state index contributed by atoms with van der Waals surface area (Å²) in [5.74, 6) is -2.44. The molecule has 7 heteroatoms. The molecule has 0 saturated carbocycles. The summed E-state index contributed by atoms with van der Waals surface area (Å²) in [6, 6.07) is 8.69. The molecule has 2 N–H and O–H groups in total. The van der Waals surface area contributed by atoms with Crippen LogP contribution in [0.2, 0.25) is 0 Å². The van der Waals surface area contributed by atoms with Gasteiger partial charge in [0.05, 0.1) is 6.04 Å². The first-order valence-corrected chi connectivity index (χ1v) is 8.26. The van der Waals surface area contributed by atoms with Crippen molar-refractivity contribution in [2.75, 3.05) is 0 Å². The molecule has 1 atom stereocenters. The third kappa shape index (κ3) is 5.02. The molecule has 0 spiro atoms. The van der Waals surface area contributed by atoms with Gasteiger partial charge in [-0.3, -0.25) is 9.59 Å². The van der Waals surface area contributed by atoms with Crippen molar-refractivity contribution in [2.45, 2.75) is 39.7 Å². The minimum Gasteiger partial charge on any atom is -0.476 e. The number of carbonyl (C=O) groups excluding carboxylic acids is 2. The molecule has 0 bridgehead atoms. The number of nitrogens with one attached hydrogen (secondary N) is 1. The van der Waals surface area contributed by atoms with Gasteiger partial charge in [0.15, 0.2) is 5.69 Å². The molecule has 1 heterocycles. The van der Waals surface area contributed by atoms with Gasteiger partial charge in [-0.1, -0.05) is 51.1 Å². The van der Waals surface area contributed by atoms with Crippen LogP contribution in [0.1, 0.15) is 53.9 Å². The number of ketones is 1. The molecule has 138 valence electrons. The van der Waals surface area contributed by atoms with Crippen LogP contribution in [-0.2, 0) is 11.2 Å². The van der Waals surface area contributed by atoms with E-state index in [2.05, 4.69) is 10.3 Å². The number of hydrogen-bond donors (Lipinski definition) is 2. The lowest BCUT2D eigenvalue weighted by Crippen LogP contribution is -2.46. The van der Waals surface area contributed by atoms with Crippen LogP contribution in [0.3, 0.4) is 0 Å². The SMILES string of the molecule is CC(C)(C)C(=O)NC(CCc1ccccc1)C(=O)c1nc(C(=O)O)co1. The molecular formula is C19H22N2O5. The molecule has 0 aliphatic rings. The van der Waals surface area contributed by atoms with Gasteiger partial charge in [-0.15, -0.1) is 0 Å².